The summed E-state index contributed by atoms with van der Waals surface area (Å²) in [6, 6.07) is 0. The third-order valence-corrected chi connectivity index (χ3v) is 3.03. The molecular weight excluding hydrogens is 212 g/mol. The van der Waals surface area contributed by atoms with Crippen LogP contribution in [0.3, 0.4) is 0 Å². The summed E-state index contributed by atoms with van der Waals surface area (Å²) in [6.07, 6.45) is 4.62. The summed E-state index contributed by atoms with van der Waals surface area (Å²) < 4.78 is 0. The van der Waals surface area contributed by atoms with Gasteiger partial charge in [0, 0.05) is 5.54 Å². The van der Waals surface area contributed by atoms with Crippen LogP contribution in [0.5, 0.6) is 0 Å². The lowest BCUT2D eigenvalue weighted by atomic mass is 10.0. The smallest absolute Gasteiger partial charge is 0.234 e. The van der Waals surface area contributed by atoms with E-state index in [4.69, 9.17) is 0 Å². The fraction of sp³-hybridized carbons (Fsp3) is 0.929. The predicted molar refractivity (Wildman–Crippen MR) is 74.1 cm³/mol. The molecule has 1 amide bonds. The van der Waals surface area contributed by atoms with Gasteiger partial charge in [0.25, 0.3) is 0 Å². The lowest BCUT2D eigenvalue weighted by molar-refractivity contribution is -0.121. The molecule has 0 fully saturated rings. The van der Waals surface area contributed by atoms with Crippen molar-refractivity contribution in [1.29, 1.82) is 0 Å². The number of hydrogen-bond donors (Lipinski definition) is 2. The first-order chi connectivity index (χ1) is 7.87. The molecule has 0 aromatic carbocycles. The molecule has 0 aliphatic carbocycles. The average molecular weight is 242 g/mol. The van der Waals surface area contributed by atoms with Gasteiger partial charge in [0.15, 0.2) is 0 Å². The number of amides is 1. The van der Waals surface area contributed by atoms with E-state index in [0.29, 0.717) is 6.54 Å². The maximum Gasteiger partial charge on any atom is 0.234 e. The largest absolute Gasteiger partial charge is 0.350 e. The van der Waals surface area contributed by atoms with E-state index in [9.17, 15) is 4.79 Å². The second-order valence-electron chi connectivity index (χ2n) is 5.85. The van der Waals surface area contributed by atoms with Crippen LogP contribution in [0.25, 0.3) is 0 Å². The molecule has 0 saturated heterocycles. The summed E-state index contributed by atoms with van der Waals surface area (Å²) in [5.41, 5.74) is -0.0869. The normalized spacial score (nSPS) is 11.9. The topological polar surface area (TPSA) is 41.1 Å². The molecule has 0 spiro atoms. The Balaban J connectivity index is 3.46. The van der Waals surface area contributed by atoms with Crippen molar-refractivity contribution in [3.63, 3.8) is 0 Å². The SMILES string of the molecule is CCC(C)(C)NC(=O)CNCCCCC(C)C. The maximum atomic E-state index is 11.6. The molecule has 2 N–H and O–H groups in total. The third-order valence-electron chi connectivity index (χ3n) is 3.03. The Labute approximate surface area is 107 Å². The third kappa shape index (κ3) is 10.3. The summed E-state index contributed by atoms with van der Waals surface area (Å²) in [4.78, 5) is 11.6. The molecule has 17 heavy (non-hydrogen) atoms. The first-order valence-electron chi connectivity index (χ1n) is 6.89. The molecule has 0 aromatic rings. The molecule has 0 atom stereocenters. The minimum atomic E-state index is -0.0869. The van der Waals surface area contributed by atoms with Crippen molar-refractivity contribution in [1.82, 2.24) is 10.6 Å². The van der Waals surface area contributed by atoms with Gasteiger partial charge in [-0.3, -0.25) is 4.79 Å². The monoisotopic (exact) mass is 242 g/mol. The second-order valence-corrected chi connectivity index (χ2v) is 5.85. The van der Waals surface area contributed by atoms with Gasteiger partial charge in [-0.25, -0.2) is 0 Å². The first kappa shape index (κ1) is 16.4. The molecule has 0 radical (unpaired) electrons. The molecule has 0 aliphatic heterocycles. The molecule has 3 heteroatoms. The summed E-state index contributed by atoms with van der Waals surface area (Å²) in [7, 11) is 0. The van der Waals surface area contributed by atoms with E-state index in [-0.39, 0.29) is 11.4 Å². The molecule has 0 rings (SSSR count). The lowest BCUT2D eigenvalue weighted by Crippen LogP contribution is -2.46. The fourth-order valence-corrected chi connectivity index (χ4v) is 1.51. The van der Waals surface area contributed by atoms with Crippen LogP contribution in [0.1, 0.15) is 60.3 Å². The highest BCUT2D eigenvalue weighted by molar-refractivity contribution is 5.78. The molecule has 102 valence electrons. The lowest BCUT2D eigenvalue weighted by Gasteiger charge is -2.24. The van der Waals surface area contributed by atoms with E-state index < -0.39 is 0 Å². The highest BCUT2D eigenvalue weighted by Gasteiger charge is 2.16. The van der Waals surface area contributed by atoms with Crippen molar-refractivity contribution in [2.24, 2.45) is 5.92 Å². The molecule has 0 saturated carbocycles. The summed E-state index contributed by atoms with van der Waals surface area (Å²) >= 11 is 0. The van der Waals surface area contributed by atoms with Crippen LogP contribution >= 0.6 is 0 Å². The van der Waals surface area contributed by atoms with Gasteiger partial charge in [-0.2, -0.15) is 0 Å². The average Bonchev–Trinajstić information content (AvgIpc) is 2.22. The second kappa shape index (κ2) is 8.51. The number of nitrogens with one attached hydrogen (secondary N) is 2. The number of unbranched alkanes of at least 4 members (excludes halogenated alkanes) is 1. The van der Waals surface area contributed by atoms with Crippen LogP contribution in [0.15, 0.2) is 0 Å². The quantitative estimate of drug-likeness (QED) is 0.610. The molecular formula is C14H30N2O. The Hall–Kier alpha value is -0.570. The van der Waals surface area contributed by atoms with Gasteiger partial charge in [-0.05, 0) is 39.2 Å². The molecule has 0 aliphatic rings. The fourth-order valence-electron chi connectivity index (χ4n) is 1.51. The van der Waals surface area contributed by atoms with Gasteiger partial charge in [-0.15, -0.1) is 0 Å². The number of rotatable bonds is 9. The van der Waals surface area contributed by atoms with Crippen LogP contribution in [0, 0.1) is 5.92 Å². The zero-order chi connectivity index (χ0) is 13.3. The highest BCUT2D eigenvalue weighted by atomic mass is 16.2. The van der Waals surface area contributed by atoms with Crippen LogP contribution < -0.4 is 10.6 Å². The Morgan fingerprint density at radius 3 is 2.41 bits per heavy atom. The van der Waals surface area contributed by atoms with E-state index in [1.165, 1.54) is 12.8 Å². The van der Waals surface area contributed by atoms with Crippen molar-refractivity contribution in [3.05, 3.63) is 0 Å². The minimum Gasteiger partial charge on any atom is -0.350 e. The zero-order valence-corrected chi connectivity index (χ0v) is 12.2. The van der Waals surface area contributed by atoms with E-state index in [1.807, 2.05) is 13.8 Å². The minimum absolute atomic E-state index is 0.0869. The molecule has 3 nitrogen and oxygen atoms in total. The number of hydrogen-bond acceptors (Lipinski definition) is 2. The maximum absolute atomic E-state index is 11.6. The summed E-state index contributed by atoms with van der Waals surface area (Å²) in [5, 5.41) is 6.21. The Morgan fingerprint density at radius 1 is 1.24 bits per heavy atom. The van der Waals surface area contributed by atoms with E-state index in [0.717, 1.165) is 25.3 Å². The molecule has 0 heterocycles. The standard InChI is InChI=1S/C14H30N2O/c1-6-14(4,5)16-13(17)11-15-10-8-7-9-12(2)3/h12,15H,6-11H2,1-5H3,(H,16,17). The van der Waals surface area contributed by atoms with Gasteiger partial charge in [0.2, 0.25) is 5.91 Å². The molecule has 0 aromatic heterocycles. The Bertz CT molecular complexity index is 212. The van der Waals surface area contributed by atoms with Crippen LogP contribution in [-0.2, 0) is 4.79 Å². The molecule has 0 bridgehead atoms. The van der Waals surface area contributed by atoms with E-state index in [1.54, 1.807) is 0 Å². The molecule has 0 unspecified atom stereocenters. The van der Waals surface area contributed by atoms with Gasteiger partial charge >= 0.3 is 0 Å². The van der Waals surface area contributed by atoms with Crippen LogP contribution in [0.2, 0.25) is 0 Å². The van der Waals surface area contributed by atoms with E-state index >= 15 is 0 Å². The van der Waals surface area contributed by atoms with Gasteiger partial charge in [0.1, 0.15) is 0 Å². The summed E-state index contributed by atoms with van der Waals surface area (Å²) in [6.45, 7) is 12.0. The van der Waals surface area contributed by atoms with Gasteiger partial charge in [0.05, 0.1) is 6.54 Å². The van der Waals surface area contributed by atoms with Crippen molar-refractivity contribution in [2.75, 3.05) is 13.1 Å². The first-order valence-corrected chi connectivity index (χ1v) is 6.89. The Kier molecular flexibility index (Phi) is 8.23. The van der Waals surface area contributed by atoms with E-state index in [2.05, 4.69) is 31.4 Å². The van der Waals surface area contributed by atoms with Crippen molar-refractivity contribution in [2.45, 2.75) is 65.8 Å². The number of carbonyl (C=O) groups excluding carboxylic acids is 1. The zero-order valence-electron chi connectivity index (χ0n) is 12.2. The van der Waals surface area contributed by atoms with Crippen molar-refractivity contribution in [3.8, 4) is 0 Å². The predicted octanol–water partition coefficient (Wildman–Crippen LogP) is 2.71. The van der Waals surface area contributed by atoms with Gasteiger partial charge in [-0.1, -0.05) is 33.6 Å². The van der Waals surface area contributed by atoms with Crippen molar-refractivity contribution >= 4 is 5.91 Å². The van der Waals surface area contributed by atoms with Gasteiger partial charge < -0.3 is 10.6 Å². The highest BCUT2D eigenvalue weighted by Crippen LogP contribution is 2.06. The van der Waals surface area contributed by atoms with Crippen LogP contribution in [-0.4, -0.2) is 24.5 Å². The van der Waals surface area contributed by atoms with Crippen LogP contribution in [0.4, 0.5) is 0 Å². The summed E-state index contributed by atoms with van der Waals surface area (Å²) in [5.74, 6) is 0.879. The number of carbonyl (C=O) groups is 1. The Morgan fingerprint density at radius 2 is 1.88 bits per heavy atom. The van der Waals surface area contributed by atoms with Crippen molar-refractivity contribution < 1.29 is 4.79 Å².